The lowest BCUT2D eigenvalue weighted by Gasteiger charge is -2.19. The molecule has 0 aromatic carbocycles. The molecular weight excluding hydrogens is 412 g/mol. The summed E-state index contributed by atoms with van der Waals surface area (Å²) in [4.78, 5) is 23.9. The van der Waals surface area contributed by atoms with Crippen molar-refractivity contribution < 1.29 is 19.1 Å². The molecule has 1 unspecified atom stereocenters. The molecule has 0 aromatic heterocycles. The first-order valence-corrected chi connectivity index (χ1v) is 14.0. The minimum atomic E-state index is -0.784. The summed E-state index contributed by atoms with van der Waals surface area (Å²) in [7, 11) is 0. The number of carbonyl (C=O) groups is 2. The molecular formula is C29H54O4. The Labute approximate surface area is 205 Å². The Hall–Kier alpha value is -1.32. The number of rotatable bonds is 23. The van der Waals surface area contributed by atoms with Gasteiger partial charge in [-0.1, -0.05) is 110 Å². The van der Waals surface area contributed by atoms with Crippen molar-refractivity contribution in [2.24, 2.45) is 5.92 Å². The van der Waals surface area contributed by atoms with Crippen LogP contribution in [0.25, 0.3) is 0 Å². The van der Waals surface area contributed by atoms with Gasteiger partial charge in [0.25, 0.3) is 0 Å². The second-order valence-corrected chi connectivity index (χ2v) is 9.66. The largest absolute Gasteiger partial charge is 0.463 e. The SMILES string of the molecule is CCCCCCCC/C=C\CCCCCCCCCCCC(=O)OC(C(=O)OCC)C(C)C. The zero-order valence-corrected chi connectivity index (χ0v) is 22.4. The Morgan fingerprint density at radius 3 is 1.58 bits per heavy atom. The first-order chi connectivity index (χ1) is 16.0. The Morgan fingerprint density at radius 1 is 0.667 bits per heavy atom. The highest BCUT2D eigenvalue weighted by Gasteiger charge is 2.27. The molecule has 0 saturated carbocycles. The number of ether oxygens (including phenoxy) is 2. The van der Waals surface area contributed by atoms with Crippen molar-refractivity contribution in [3.63, 3.8) is 0 Å². The maximum absolute atomic E-state index is 12.0. The molecule has 33 heavy (non-hydrogen) atoms. The molecule has 0 rings (SSSR count). The van der Waals surface area contributed by atoms with Crippen LogP contribution >= 0.6 is 0 Å². The molecule has 0 aliphatic rings. The molecule has 0 fully saturated rings. The topological polar surface area (TPSA) is 52.6 Å². The highest BCUT2D eigenvalue weighted by molar-refractivity contribution is 5.79. The van der Waals surface area contributed by atoms with E-state index >= 15 is 0 Å². The zero-order chi connectivity index (χ0) is 24.6. The van der Waals surface area contributed by atoms with Gasteiger partial charge in [-0.15, -0.1) is 0 Å². The lowest BCUT2D eigenvalue weighted by atomic mass is 10.1. The number of esters is 2. The number of hydrogen-bond acceptors (Lipinski definition) is 4. The van der Waals surface area contributed by atoms with Crippen LogP contribution in [0.4, 0.5) is 0 Å². The molecule has 194 valence electrons. The van der Waals surface area contributed by atoms with Crippen LogP contribution in [0.1, 0.15) is 143 Å². The van der Waals surface area contributed by atoms with Gasteiger partial charge in [-0.05, 0) is 39.0 Å². The van der Waals surface area contributed by atoms with Crippen molar-refractivity contribution in [1.82, 2.24) is 0 Å². The monoisotopic (exact) mass is 466 g/mol. The van der Waals surface area contributed by atoms with Crippen LogP contribution in [0.5, 0.6) is 0 Å². The molecule has 0 saturated heterocycles. The molecule has 0 bridgehead atoms. The van der Waals surface area contributed by atoms with E-state index in [2.05, 4.69) is 19.1 Å². The van der Waals surface area contributed by atoms with Crippen LogP contribution < -0.4 is 0 Å². The van der Waals surface area contributed by atoms with Crippen LogP contribution in [0, 0.1) is 5.92 Å². The average molecular weight is 467 g/mol. The number of hydrogen-bond donors (Lipinski definition) is 0. The summed E-state index contributed by atoms with van der Waals surface area (Å²) in [5, 5.41) is 0. The quantitative estimate of drug-likeness (QED) is 0.0858. The van der Waals surface area contributed by atoms with Crippen molar-refractivity contribution in [3.8, 4) is 0 Å². The Kier molecular flexibility index (Phi) is 22.9. The molecule has 0 aliphatic carbocycles. The van der Waals surface area contributed by atoms with E-state index < -0.39 is 12.1 Å². The molecule has 0 radical (unpaired) electrons. The van der Waals surface area contributed by atoms with Gasteiger partial charge in [-0.25, -0.2) is 4.79 Å². The third kappa shape index (κ3) is 21.0. The maximum Gasteiger partial charge on any atom is 0.347 e. The summed E-state index contributed by atoms with van der Waals surface area (Å²) in [6.45, 7) is 8.06. The normalized spacial score (nSPS) is 12.4. The Morgan fingerprint density at radius 2 is 1.12 bits per heavy atom. The summed E-state index contributed by atoms with van der Waals surface area (Å²) in [6, 6.07) is 0. The molecule has 0 heterocycles. The van der Waals surface area contributed by atoms with E-state index in [1.165, 1.54) is 96.3 Å². The molecule has 0 amide bonds. The van der Waals surface area contributed by atoms with E-state index in [0.717, 1.165) is 12.8 Å². The van der Waals surface area contributed by atoms with Gasteiger partial charge in [0.1, 0.15) is 0 Å². The van der Waals surface area contributed by atoms with Gasteiger partial charge in [0.05, 0.1) is 6.61 Å². The molecule has 4 heteroatoms. The average Bonchev–Trinajstić information content (AvgIpc) is 2.79. The maximum atomic E-state index is 12.0. The Bertz CT molecular complexity index is 484. The second-order valence-electron chi connectivity index (χ2n) is 9.66. The van der Waals surface area contributed by atoms with Crippen LogP contribution in [-0.2, 0) is 19.1 Å². The van der Waals surface area contributed by atoms with Crippen molar-refractivity contribution in [2.45, 2.75) is 149 Å². The molecule has 0 spiro atoms. The molecule has 0 aliphatic heterocycles. The van der Waals surface area contributed by atoms with Crippen LogP contribution in [0.3, 0.4) is 0 Å². The van der Waals surface area contributed by atoms with Crippen molar-refractivity contribution in [2.75, 3.05) is 6.61 Å². The van der Waals surface area contributed by atoms with E-state index in [4.69, 9.17) is 9.47 Å². The predicted octanol–water partition coefficient (Wildman–Crippen LogP) is 8.72. The van der Waals surface area contributed by atoms with Gasteiger partial charge < -0.3 is 9.47 Å². The minimum absolute atomic E-state index is 0.0749. The molecule has 4 nitrogen and oxygen atoms in total. The summed E-state index contributed by atoms with van der Waals surface area (Å²) >= 11 is 0. The number of unbranched alkanes of at least 4 members (excludes halogenated alkanes) is 15. The fourth-order valence-corrected chi connectivity index (χ4v) is 3.93. The van der Waals surface area contributed by atoms with Crippen LogP contribution in [0.2, 0.25) is 0 Å². The van der Waals surface area contributed by atoms with E-state index in [1.54, 1.807) is 6.92 Å². The summed E-state index contributed by atoms with van der Waals surface area (Å²) < 4.78 is 10.3. The van der Waals surface area contributed by atoms with Crippen molar-refractivity contribution >= 4 is 11.9 Å². The van der Waals surface area contributed by atoms with E-state index in [-0.39, 0.29) is 11.9 Å². The van der Waals surface area contributed by atoms with Gasteiger partial charge in [0, 0.05) is 12.3 Å². The van der Waals surface area contributed by atoms with E-state index in [9.17, 15) is 9.59 Å². The predicted molar refractivity (Wildman–Crippen MR) is 139 cm³/mol. The van der Waals surface area contributed by atoms with Crippen molar-refractivity contribution in [3.05, 3.63) is 12.2 Å². The zero-order valence-electron chi connectivity index (χ0n) is 22.4. The fourth-order valence-electron chi connectivity index (χ4n) is 3.93. The number of allylic oxidation sites excluding steroid dienone is 2. The van der Waals surface area contributed by atoms with Gasteiger partial charge in [0.15, 0.2) is 0 Å². The third-order valence-electron chi connectivity index (χ3n) is 6.03. The third-order valence-corrected chi connectivity index (χ3v) is 6.03. The minimum Gasteiger partial charge on any atom is -0.463 e. The summed E-state index contributed by atoms with van der Waals surface area (Å²) in [5.74, 6) is -0.804. The standard InChI is InChI=1S/C29H54O4/c1-5-7-8-9-10-11-12-13-14-15-16-17-18-19-20-21-22-23-24-25-27(30)33-28(26(3)4)29(31)32-6-2/h13-14,26,28H,5-12,15-25H2,1-4H3/b14-13-. The lowest BCUT2D eigenvalue weighted by Crippen LogP contribution is -2.33. The summed E-state index contributed by atoms with van der Waals surface area (Å²) in [5.41, 5.74) is 0. The first kappa shape index (κ1) is 31.7. The Balaban J connectivity index is 3.46. The smallest absolute Gasteiger partial charge is 0.347 e. The van der Waals surface area contributed by atoms with Crippen LogP contribution in [0.15, 0.2) is 12.2 Å². The highest BCUT2D eigenvalue weighted by atomic mass is 16.6. The highest BCUT2D eigenvalue weighted by Crippen LogP contribution is 2.14. The summed E-state index contributed by atoms with van der Waals surface area (Å²) in [6.07, 6.45) is 26.0. The van der Waals surface area contributed by atoms with Gasteiger partial charge in [-0.3, -0.25) is 4.79 Å². The lowest BCUT2D eigenvalue weighted by molar-refractivity contribution is -0.170. The van der Waals surface area contributed by atoms with Gasteiger partial charge >= 0.3 is 11.9 Å². The second kappa shape index (κ2) is 23.8. The van der Waals surface area contributed by atoms with E-state index in [1.807, 2.05) is 13.8 Å². The van der Waals surface area contributed by atoms with Gasteiger partial charge in [0.2, 0.25) is 6.10 Å². The van der Waals surface area contributed by atoms with E-state index in [0.29, 0.717) is 13.0 Å². The molecule has 1 atom stereocenters. The van der Waals surface area contributed by atoms with Crippen molar-refractivity contribution in [1.29, 1.82) is 0 Å². The van der Waals surface area contributed by atoms with Gasteiger partial charge in [-0.2, -0.15) is 0 Å². The fraction of sp³-hybridized carbons (Fsp3) is 0.862. The molecule has 0 N–H and O–H groups in total. The first-order valence-electron chi connectivity index (χ1n) is 14.0. The number of carbonyl (C=O) groups excluding carboxylic acids is 2. The van der Waals surface area contributed by atoms with Crippen LogP contribution in [-0.4, -0.2) is 24.6 Å². The molecule has 0 aromatic rings.